The first kappa shape index (κ1) is 31.6. The second-order valence-electron chi connectivity index (χ2n) is 15.4. The Morgan fingerprint density at radius 3 is 1.89 bits per heavy atom. The fraction of sp³-hybridized carbons (Fsp3) is 0.0566. The largest absolute Gasteiger partial charge is 0.456 e. The van der Waals surface area contributed by atoms with Crippen LogP contribution in [0, 0.1) is 0 Å². The highest BCUT2D eigenvalue weighted by molar-refractivity contribution is 6.10. The van der Waals surface area contributed by atoms with Gasteiger partial charge in [0.15, 0.2) is 0 Å². The van der Waals surface area contributed by atoms with Crippen molar-refractivity contribution in [1.29, 1.82) is 0 Å². The van der Waals surface area contributed by atoms with Crippen molar-refractivity contribution in [2.75, 3.05) is 4.90 Å². The van der Waals surface area contributed by atoms with Gasteiger partial charge in [-0.15, -0.1) is 0 Å². The van der Waals surface area contributed by atoms with E-state index in [1.165, 1.54) is 66.1 Å². The summed E-state index contributed by atoms with van der Waals surface area (Å²) in [6.45, 7) is 4.68. The molecule has 2 heteroatoms. The second kappa shape index (κ2) is 12.1. The molecule has 0 N–H and O–H groups in total. The van der Waals surface area contributed by atoms with E-state index in [1.807, 2.05) is 12.1 Å². The number of anilines is 3. The molecule has 0 bridgehead atoms. The van der Waals surface area contributed by atoms with Gasteiger partial charge in [-0.05, 0) is 133 Å². The molecule has 0 unspecified atom stereocenters. The molecule has 0 radical (unpaired) electrons. The summed E-state index contributed by atoms with van der Waals surface area (Å²) < 4.78 is 6.24. The molecule has 55 heavy (non-hydrogen) atoms. The van der Waals surface area contributed by atoms with E-state index in [1.54, 1.807) is 0 Å². The van der Waals surface area contributed by atoms with Crippen LogP contribution in [-0.4, -0.2) is 0 Å². The molecule has 260 valence electrons. The van der Waals surface area contributed by atoms with Crippen molar-refractivity contribution in [2.24, 2.45) is 0 Å². The molecule has 1 heterocycles. The summed E-state index contributed by atoms with van der Waals surface area (Å²) in [5.74, 6) is 0. The number of benzene rings is 9. The van der Waals surface area contributed by atoms with E-state index in [0.717, 1.165) is 39.0 Å². The highest BCUT2D eigenvalue weighted by Gasteiger charge is 2.35. The summed E-state index contributed by atoms with van der Waals surface area (Å²) in [5.41, 5.74) is 15.3. The number of nitrogens with zero attached hydrogens (tertiary/aromatic N) is 1. The summed E-state index contributed by atoms with van der Waals surface area (Å²) in [6, 6.07) is 68.6. The predicted molar refractivity (Wildman–Crippen MR) is 232 cm³/mol. The van der Waals surface area contributed by atoms with Crippen molar-refractivity contribution in [3.05, 3.63) is 199 Å². The first-order valence-electron chi connectivity index (χ1n) is 19.1. The van der Waals surface area contributed by atoms with E-state index in [9.17, 15) is 0 Å². The number of para-hydroxylation sites is 1. The highest BCUT2D eigenvalue weighted by Crippen LogP contribution is 2.51. The third-order valence-electron chi connectivity index (χ3n) is 11.8. The molecule has 0 aliphatic heterocycles. The molecule has 1 aromatic heterocycles. The third-order valence-corrected chi connectivity index (χ3v) is 11.8. The number of hydrogen-bond acceptors (Lipinski definition) is 2. The zero-order chi connectivity index (χ0) is 36.7. The average molecular weight is 704 g/mol. The standard InChI is InChI=1S/C53H37NO/c1-53(2)49-16-7-5-14-45(49)47-33-44(26-27-50(47)53)54(43-13-9-12-37(30-43)39-19-18-34-10-3-4-11-36(34)28-39)42-24-22-35(23-25-42)38-20-21-40-31-48-46-15-6-8-17-51(46)55-52(48)32-41(40)29-38/h3-33H,1-2H3. The maximum atomic E-state index is 6.24. The minimum atomic E-state index is -0.0526. The van der Waals surface area contributed by atoms with Crippen LogP contribution in [0.25, 0.3) is 76.9 Å². The minimum Gasteiger partial charge on any atom is -0.456 e. The van der Waals surface area contributed by atoms with E-state index < -0.39 is 0 Å². The molecule has 0 saturated heterocycles. The third kappa shape index (κ3) is 5.10. The van der Waals surface area contributed by atoms with Gasteiger partial charge < -0.3 is 9.32 Å². The van der Waals surface area contributed by atoms with Crippen molar-refractivity contribution >= 4 is 60.5 Å². The Hall–Kier alpha value is -6.90. The number of rotatable bonds is 5. The van der Waals surface area contributed by atoms with Crippen LogP contribution in [0.15, 0.2) is 192 Å². The van der Waals surface area contributed by atoms with Gasteiger partial charge in [-0.1, -0.05) is 135 Å². The lowest BCUT2D eigenvalue weighted by Gasteiger charge is -2.28. The van der Waals surface area contributed by atoms with Crippen LogP contribution in [0.2, 0.25) is 0 Å². The van der Waals surface area contributed by atoms with Crippen molar-refractivity contribution in [1.82, 2.24) is 0 Å². The number of furan rings is 1. The van der Waals surface area contributed by atoms with Crippen LogP contribution in [0.4, 0.5) is 17.1 Å². The molecule has 0 saturated carbocycles. The lowest BCUT2D eigenvalue weighted by Crippen LogP contribution is -2.15. The summed E-state index contributed by atoms with van der Waals surface area (Å²) in [4.78, 5) is 2.40. The molecule has 9 aromatic carbocycles. The zero-order valence-electron chi connectivity index (χ0n) is 30.8. The van der Waals surface area contributed by atoms with E-state index in [0.29, 0.717) is 0 Å². The Balaban J connectivity index is 1.02. The second-order valence-corrected chi connectivity index (χ2v) is 15.4. The van der Waals surface area contributed by atoms with Gasteiger partial charge in [-0.3, -0.25) is 0 Å². The first-order chi connectivity index (χ1) is 27.0. The highest BCUT2D eigenvalue weighted by atomic mass is 16.3. The fourth-order valence-corrected chi connectivity index (χ4v) is 8.94. The summed E-state index contributed by atoms with van der Waals surface area (Å²) in [7, 11) is 0. The maximum absolute atomic E-state index is 6.24. The van der Waals surface area contributed by atoms with E-state index >= 15 is 0 Å². The molecule has 0 fully saturated rings. The Morgan fingerprint density at radius 1 is 0.364 bits per heavy atom. The number of fused-ring (bicyclic) bond motifs is 8. The van der Waals surface area contributed by atoms with Gasteiger partial charge >= 0.3 is 0 Å². The molecular weight excluding hydrogens is 667 g/mol. The van der Waals surface area contributed by atoms with E-state index in [2.05, 4.69) is 195 Å². The van der Waals surface area contributed by atoms with Crippen LogP contribution < -0.4 is 4.90 Å². The van der Waals surface area contributed by atoms with Gasteiger partial charge in [0.05, 0.1) is 0 Å². The monoisotopic (exact) mass is 703 g/mol. The van der Waals surface area contributed by atoms with Crippen LogP contribution in [0.5, 0.6) is 0 Å². The number of hydrogen-bond donors (Lipinski definition) is 0. The molecule has 10 aromatic rings. The van der Waals surface area contributed by atoms with Gasteiger partial charge in [0.1, 0.15) is 11.2 Å². The van der Waals surface area contributed by atoms with Crippen molar-refractivity contribution in [2.45, 2.75) is 19.3 Å². The SMILES string of the molecule is CC1(C)c2ccccc2-c2cc(N(c3ccc(-c4ccc5cc6c(cc5c4)oc4ccccc46)cc3)c3cccc(-c4ccc5ccccc5c4)c3)ccc21. The summed E-state index contributed by atoms with van der Waals surface area (Å²) >= 11 is 0. The molecule has 0 amide bonds. The predicted octanol–water partition coefficient (Wildman–Crippen LogP) is 15.0. The van der Waals surface area contributed by atoms with Gasteiger partial charge in [0.25, 0.3) is 0 Å². The maximum Gasteiger partial charge on any atom is 0.136 e. The molecule has 0 spiro atoms. The Labute approximate surface area is 320 Å². The summed E-state index contributed by atoms with van der Waals surface area (Å²) in [5, 5.41) is 7.18. The molecule has 1 aliphatic carbocycles. The Morgan fingerprint density at radius 2 is 1.00 bits per heavy atom. The zero-order valence-corrected chi connectivity index (χ0v) is 30.8. The van der Waals surface area contributed by atoms with Crippen molar-refractivity contribution in [3.63, 3.8) is 0 Å². The summed E-state index contributed by atoms with van der Waals surface area (Å²) in [6.07, 6.45) is 0. The Kier molecular flexibility index (Phi) is 6.93. The van der Waals surface area contributed by atoms with Gasteiger partial charge in [0.2, 0.25) is 0 Å². The lowest BCUT2D eigenvalue weighted by atomic mass is 9.82. The van der Waals surface area contributed by atoms with E-state index in [4.69, 9.17) is 4.42 Å². The van der Waals surface area contributed by atoms with Gasteiger partial charge in [-0.25, -0.2) is 0 Å². The molecule has 1 aliphatic rings. The molecular formula is C53H37NO. The Bertz CT molecular complexity index is 3130. The van der Waals surface area contributed by atoms with Crippen molar-refractivity contribution in [3.8, 4) is 33.4 Å². The van der Waals surface area contributed by atoms with Gasteiger partial charge in [0, 0.05) is 33.2 Å². The van der Waals surface area contributed by atoms with Crippen LogP contribution in [0.1, 0.15) is 25.0 Å². The first-order valence-corrected chi connectivity index (χ1v) is 19.1. The van der Waals surface area contributed by atoms with Crippen LogP contribution >= 0.6 is 0 Å². The topological polar surface area (TPSA) is 16.4 Å². The van der Waals surface area contributed by atoms with Crippen molar-refractivity contribution < 1.29 is 4.42 Å². The minimum absolute atomic E-state index is 0.0526. The molecule has 2 nitrogen and oxygen atoms in total. The lowest BCUT2D eigenvalue weighted by molar-refractivity contribution is 0.660. The van der Waals surface area contributed by atoms with E-state index in [-0.39, 0.29) is 5.41 Å². The van der Waals surface area contributed by atoms with Gasteiger partial charge in [-0.2, -0.15) is 0 Å². The fourth-order valence-electron chi connectivity index (χ4n) is 8.94. The smallest absolute Gasteiger partial charge is 0.136 e. The van der Waals surface area contributed by atoms with Crippen LogP contribution in [-0.2, 0) is 5.41 Å². The average Bonchev–Trinajstić information content (AvgIpc) is 3.70. The molecule has 11 rings (SSSR count). The normalized spacial score (nSPS) is 13.1. The molecule has 0 atom stereocenters. The quantitative estimate of drug-likeness (QED) is 0.177. The van der Waals surface area contributed by atoms with Crippen LogP contribution in [0.3, 0.4) is 0 Å².